The molecule has 0 aromatic heterocycles. The standard InChI is InChI=1S/C14H13ClN2O3/c1-20-13-5-2-8(15)6-12(13)17-9-3-4-11(16)10(7-9)14(18)19/h2-7,17H,16H2,1H3,(H,18,19). The molecule has 2 aromatic carbocycles. The SMILES string of the molecule is COc1ccc(Cl)cc1Nc1ccc(N)c(C(=O)O)c1. The Labute approximate surface area is 120 Å². The molecule has 0 bridgehead atoms. The van der Waals surface area contributed by atoms with Crippen molar-refractivity contribution < 1.29 is 14.6 Å². The monoisotopic (exact) mass is 292 g/mol. The van der Waals surface area contributed by atoms with Gasteiger partial charge in [0.1, 0.15) is 5.75 Å². The largest absolute Gasteiger partial charge is 0.495 e. The minimum atomic E-state index is -1.08. The summed E-state index contributed by atoms with van der Waals surface area (Å²) in [6, 6.07) is 9.79. The average Bonchev–Trinajstić information content (AvgIpc) is 2.41. The Bertz CT molecular complexity index is 659. The second-order valence-corrected chi connectivity index (χ2v) is 4.51. The van der Waals surface area contributed by atoms with E-state index in [9.17, 15) is 4.79 Å². The number of nitrogens with two attached hydrogens (primary N) is 1. The van der Waals surface area contributed by atoms with Crippen molar-refractivity contribution in [2.75, 3.05) is 18.2 Å². The molecule has 0 spiro atoms. The number of nitrogen functional groups attached to an aromatic ring is 1. The van der Waals surface area contributed by atoms with Gasteiger partial charge in [-0.3, -0.25) is 0 Å². The molecule has 0 fully saturated rings. The minimum absolute atomic E-state index is 0.0380. The van der Waals surface area contributed by atoms with E-state index in [-0.39, 0.29) is 11.3 Å². The molecular weight excluding hydrogens is 280 g/mol. The zero-order chi connectivity index (χ0) is 14.7. The van der Waals surface area contributed by atoms with Crippen LogP contribution in [0.25, 0.3) is 0 Å². The topological polar surface area (TPSA) is 84.6 Å². The van der Waals surface area contributed by atoms with Gasteiger partial charge in [-0.2, -0.15) is 0 Å². The fourth-order valence-corrected chi connectivity index (χ4v) is 1.92. The molecule has 2 rings (SSSR count). The summed E-state index contributed by atoms with van der Waals surface area (Å²) >= 11 is 5.94. The molecule has 0 atom stereocenters. The number of carboxylic acids is 1. The van der Waals surface area contributed by atoms with Gasteiger partial charge in [0, 0.05) is 16.4 Å². The van der Waals surface area contributed by atoms with Crippen LogP contribution in [0.5, 0.6) is 5.75 Å². The van der Waals surface area contributed by atoms with Crippen molar-refractivity contribution in [2.45, 2.75) is 0 Å². The molecule has 2 aromatic rings. The molecule has 20 heavy (non-hydrogen) atoms. The summed E-state index contributed by atoms with van der Waals surface area (Å²) in [5.41, 5.74) is 7.08. The number of hydrogen-bond donors (Lipinski definition) is 3. The molecule has 0 aliphatic carbocycles. The number of hydrogen-bond acceptors (Lipinski definition) is 4. The lowest BCUT2D eigenvalue weighted by atomic mass is 10.1. The lowest BCUT2D eigenvalue weighted by Gasteiger charge is -2.12. The third-order valence-electron chi connectivity index (χ3n) is 2.72. The van der Waals surface area contributed by atoms with Gasteiger partial charge in [-0.15, -0.1) is 0 Å². The summed E-state index contributed by atoms with van der Waals surface area (Å²) in [5, 5.41) is 12.6. The fourth-order valence-electron chi connectivity index (χ4n) is 1.75. The number of carboxylic acid groups (broad SMARTS) is 1. The van der Waals surface area contributed by atoms with Crippen LogP contribution in [-0.4, -0.2) is 18.2 Å². The van der Waals surface area contributed by atoms with E-state index < -0.39 is 5.97 Å². The highest BCUT2D eigenvalue weighted by atomic mass is 35.5. The molecule has 0 unspecified atom stereocenters. The number of nitrogens with one attached hydrogen (secondary N) is 1. The van der Waals surface area contributed by atoms with Gasteiger partial charge in [0.15, 0.2) is 0 Å². The first-order valence-electron chi connectivity index (χ1n) is 5.74. The molecular formula is C14H13ClN2O3. The lowest BCUT2D eigenvalue weighted by molar-refractivity contribution is 0.0698. The molecule has 0 amide bonds. The van der Waals surface area contributed by atoms with Gasteiger partial charge in [0.05, 0.1) is 18.4 Å². The highest BCUT2D eigenvalue weighted by Crippen LogP contribution is 2.31. The highest BCUT2D eigenvalue weighted by molar-refractivity contribution is 6.31. The third kappa shape index (κ3) is 2.95. The zero-order valence-corrected chi connectivity index (χ0v) is 11.4. The van der Waals surface area contributed by atoms with E-state index in [1.165, 1.54) is 12.1 Å². The Morgan fingerprint density at radius 3 is 2.70 bits per heavy atom. The fraction of sp³-hybridized carbons (Fsp3) is 0.0714. The second kappa shape index (κ2) is 5.71. The highest BCUT2D eigenvalue weighted by Gasteiger charge is 2.10. The summed E-state index contributed by atoms with van der Waals surface area (Å²) in [7, 11) is 1.54. The Morgan fingerprint density at radius 1 is 1.30 bits per heavy atom. The Hall–Kier alpha value is -2.40. The van der Waals surface area contributed by atoms with Crippen LogP contribution in [0.1, 0.15) is 10.4 Å². The van der Waals surface area contributed by atoms with Crippen LogP contribution in [-0.2, 0) is 0 Å². The van der Waals surface area contributed by atoms with E-state index in [1.54, 1.807) is 31.4 Å². The minimum Gasteiger partial charge on any atom is -0.495 e. The predicted molar refractivity (Wildman–Crippen MR) is 79.1 cm³/mol. The number of aromatic carboxylic acids is 1. The van der Waals surface area contributed by atoms with Gasteiger partial charge in [0.25, 0.3) is 0 Å². The summed E-state index contributed by atoms with van der Waals surface area (Å²) in [5.74, 6) is -0.479. The van der Waals surface area contributed by atoms with Gasteiger partial charge >= 0.3 is 5.97 Å². The van der Waals surface area contributed by atoms with Crippen LogP contribution in [0.2, 0.25) is 5.02 Å². The number of carbonyl (C=O) groups is 1. The zero-order valence-electron chi connectivity index (χ0n) is 10.7. The van der Waals surface area contributed by atoms with Gasteiger partial charge < -0.3 is 20.9 Å². The van der Waals surface area contributed by atoms with Gasteiger partial charge in [-0.1, -0.05) is 11.6 Å². The molecule has 5 nitrogen and oxygen atoms in total. The van der Waals surface area contributed by atoms with Crippen LogP contribution in [0.3, 0.4) is 0 Å². The Kier molecular flexibility index (Phi) is 4.00. The van der Waals surface area contributed by atoms with E-state index in [4.69, 9.17) is 27.2 Å². The third-order valence-corrected chi connectivity index (χ3v) is 2.96. The summed E-state index contributed by atoms with van der Waals surface area (Å²) in [6.45, 7) is 0. The molecule has 4 N–H and O–H groups in total. The maximum Gasteiger partial charge on any atom is 0.337 e. The maximum absolute atomic E-state index is 11.1. The molecule has 6 heteroatoms. The van der Waals surface area contributed by atoms with E-state index in [0.717, 1.165) is 0 Å². The maximum atomic E-state index is 11.1. The van der Waals surface area contributed by atoms with Crippen molar-refractivity contribution in [2.24, 2.45) is 0 Å². The van der Waals surface area contributed by atoms with Crippen molar-refractivity contribution in [1.29, 1.82) is 0 Å². The normalized spacial score (nSPS) is 10.1. The molecule has 0 radical (unpaired) electrons. The van der Waals surface area contributed by atoms with Crippen molar-refractivity contribution in [3.8, 4) is 5.75 Å². The average molecular weight is 293 g/mol. The van der Waals surface area contributed by atoms with Crippen LogP contribution in [0, 0.1) is 0 Å². The number of halogens is 1. The molecule has 0 saturated heterocycles. The number of benzene rings is 2. The first-order valence-corrected chi connectivity index (χ1v) is 6.12. The van der Waals surface area contributed by atoms with Crippen LogP contribution < -0.4 is 15.8 Å². The first-order chi connectivity index (χ1) is 9.51. The summed E-state index contributed by atoms with van der Waals surface area (Å²) in [6.07, 6.45) is 0. The molecule has 0 saturated carbocycles. The quantitative estimate of drug-likeness (QED) is 0.752. The van der Waals surface area contributed by atoms with Gasteiger partial charge in [-0.05, 0) is 36.4 Å². The second-order valence-electron chi connectivity index (χ2n) is 4.08. The van der Waals surface area contributed by atoms with E-state index in [1.807, 2.05) is 0 Å². The first kappa shape index (κ1) is 14.0. The Morgan fingerprint density at radius 2 is 2.05 bits per heavy atom. The van der Waals surface area contributed by atoms with Crippen molar-refractivity contribution >= 4 is 34.6 Å². The van der Waals surface area contributed by atoms with Gasteiger partial charge in [0.2, 0.25) is 0 Å². The van der Waals surface area contributed by atoms with Crippen LogP contribution in [0.4, 0.5) is 17.1 Å². The number of rotatable bonds is 4. The number of ether oxygens (including phenoxy) is 1. The van der Waals surface area contributed by atoms with Crippen molar-refractivity contribution in [3.63, 3.8) is 0 Å². The summed E-state index contributed by atoms with van der Waals surface area (Å²) < 4.78 is 5.21. The van der Waals surface area contributed by atoms with Crippen LogP contribution >= 0.6 is 11.6 Å². The smallest absolute Gasteiger partial charge is 0.337 e. The van der Waals surface area contributed by atoms with E-state index >= 15 is 0 Å². The molecule has 0 aliphatic heterocycles. The lowest BCUT2D eigenvalue weighted by Crippen LogP contribution is -2.03. The van der Waals surface area contributed by atoms with E-state index in [0.29, 0.717) is 22.1 Å². The molecule has 0 heterocycles. The van der Waals surface area contributed by atoms with E-state index in [2.05, 4.69) is 5.32 Å². The predicted octanol–water partition coefficient (Wildman–Crippen LogP) is 3.37. The number of methoxy groups -OCH3 is 1. The molecule has 104 valence electrons. The Balaban J connectivity index is 2.37. The van der Waals surface area contributed by atoms with Crippen molar-refractivity contribution in [1.82, 2.24) is 0 Å². The van der Waals surface area contributed by atoms with Crippen LogP contribution in [0.15, 0.2) is 36.4 Å². The number of anilines is 3. The van der Waals surface area contributed by atoms with Gasteiger partial charge in [-0.25, -0.2) is 4.79 Å². The molecule has 0 aliphatic rings. The van der Waals surface area contributed by atoms with Crippen molar-refractivity contribution in [3.05, 3.63) is 47.0 Å². The summed E-state index contributed by atoms with van der Waals surface area (Å²) in [4.78, 5) is 11.1.